The van der Waals surface area contributed by atoms with Crippen LogP contribution in [0.1, 0.15) is 22.3 Å². The standard InChI is InChI=1S/C41H39N3/c1-30-6-14-36(15-7-30)43(37-16-8-31(2)9-17-37)40-26-22-34(23-27-40)42(5)35-24-28-41(29-25-35)44(38-18-10-32(3)11-19-38)39-20-12-33(4)13-21-39/h6-29H,1-5H3. The second-order valence-electron chi connectivity index (χ2n) is 11.6. The average molecular weight is 574 g/mol. The summed E-state index contributed by atoms with van der Waals surface area (Å²) in [5.74, 6) is 0. The van der Waals surface area contributed by atoms with Crippen molar-refractivity contribution in [1.29, 1.82) is 0 Å². The molecule has 0 amide bonds. The summed E-state index contributed by atoms with van der Waals surface area (Å²) in [5.41, 5.74) is 14.1. The van der Waals surface area contributed by atoms with E-state index in [1.807, 2.05) is 0 Å². The first-order valence-corrected chi connectivity index (χ1v) is 15.2. The predicted octanol–water partition coefficient (Wildman–Crippen LogP) is 11.6. The molecule has 6 rings (SSSR count). The minimum atomic E-state index is 1.12. The second-order valence-corrected chi connectivity index (χ2v) is 11.6. The molecule has 0 aromatic heterocycles. The molecule has 0 spiro atoms. The molecule has 0 aliphatic heterocycles. The molecule has 0 aliphatic rings. The largest absolute Gasteiger partial charge is 0.345 e. The highest BCUT2D eigenvalue weighted by atomic mass is 15.2. The topological polar surface area (TPSA) is 9.72 Å². The molecule has 3 heteroatoms. The Labute approximate surface area is 262 Å². The first-order chi connectivity index (χ1) is 21.4. The summed E-state index contributed by atoms with van der Waals surface area (Å²) in [6, 6.07) is 52.5. The van der Waals surface area contributed by atoms with Crippen LogP contribution >= 0.6 is 0 Å². The Morgan fingerprint density at radius 1 is 0.250 bits per heavy atom. The lowest BCUT2D eigenvalue weighted by molar-refractivity contribution is 1.19. The van der Waals surface area contributed by atoms with Gasteiger partial charge in [-0.15, -0.1) is 0 Å². The van der Waals surface area contributed by atoms with Crippen LogP contribution < -0.4 is 14.7 Å². The van der Waals surface area contributed by atoms with Crippen LogP contribution in [-0.2, 0) is 0 Å². The third-order valence-corrected chi connectivity index (χ3v) is 8.16. The van der Waals surface area contributed by atoms with E-state index < -0.39 is 0 Å². The number of aryl methyl sites for hydroxylation is 4. The van der Waals surface area contributed by atoms with Crippen LogP contribution in [0.4, 0.5) is 45.5 Å². The number of anilines is 8. The van der Waals surface area contributed by atoms with Gasteiger partial charge in [-0.25, -0.2) is 0 Å². The zero-order valence-electron chi connectivity index (χ0n) is 26.2. The van der Waals surface area contributed by atoms with E-state index in [0.717, 1.165) is 45.5 Å². The Hall–Kier alpha value is -5.28. The molecular weight excluding hydrogens is 534 g/mol. The maximum absolute atomic E-state index is 2.31. The van der Waals surface area contributed by atoms with Gasteiger partial charge in [-0.1, -0.05) is 70.8 Å². The van der Waals surface area contributed by atoms with Gasteiger partial charge in [0.25, 0.3) is 0 Å². The molecule has 0 heterocycles. The molecule has 0 unspecified atom stereocenters. The van der Waals surface area contributed by atoms with Gasteiger partial charge in [-0.3, -0.25) is 0 Å². The highest BCUT2D eigenvalue weighted by Gasteiger charge is 2.15. The van der Waals surface area contributed by atoms with E-state index in [1.165, 1.54) is 22.3 Å². The Balaban J connectivity index is 1.28. The van der Waals surface area contributed by atoms with Crippen molar-refractivity contribution in [3.8, 4) is 0 Å². The Bertz CT molecular complexity index is 1570. The zero-order valence-corrected chi connectivity index (χ0v) is 26.2. The van der Waals surface area contributed by atoms with Crippen molar-refractivity contribution in [2.75, 3.05) is 21.7 Å². The van der Waals surface area contributed by atoms with E-state index in [4.69, 9.17) is 0 Å². The van der Waals surface area contributed by atoms with Gasteiger partial charge in [-0.2, -0.15) is 0 Å². The molecule has 44 heavy (non-hydrogen) atoms. The molecular formula is C41H39N3. The van der Waals surface area contributed by atoms with Crippen molar-refractivity contribution < 1.29 is 0 Å². The average Bonchev–Trinajstić information content (AvgIpc) is 3.05. The molecule has 0 bridgehead atoms. The number of benzene rings is 6. The van der Waals surface area contributed by atoms with E-state index in [1.54, 1.807) is 0 Å². The van der Waals surface area contributed by atoms with E-state index in [2.05, 4.69) is 195 Å². The maximum Gasteiger partial charge on any atom is 0.0463 e. The van der Waals surface area contributed by atoms with E-state index in [9.17, 15) is 0 Å². The molecule has 0 aliphatic carbocycles. The summed E-state index contributed by atoms with van der Waals surface area (Å²) in [5, 5.41) is 0. The van der Waals surface area contributed by atoms with Gasteiger partial charge in [0.1, 0.15) is 0 Å². The van der Waals surface area contributed by atoms with E-state index >= 15 is 0 Å². The monoisotopic (exact) mass is 573 g/mol. The molecule has 6 aromatic rings. The van der Waals surface area contributed by atoms with Crippen LogP contribution in [0, 0.1) is 27.7 Å². The summed E-state index contributed by atoms with van der Waals surface area (Å²) >= 11 is 0. The van der Waals surface area contributed by atoms with Crippen LogP contribution in [0.2, 0.25) is 0 Å². The molecule has 0 radical (unpaired) electrons. The summed E-state index contributed by atoms with van der Waals surface area (Å²) in [7, 11) is 2.12. The molecule has 0 atom stereocenters. The normalized spacial score (nSPS) is 10.8. The summed E-state index contributed by atoms with van der Waals surface area (Å²) in [6.07, 6.45) is 0. The molecule has 0 saturated heterocycles. The second kappa shape index (κ2) is 12.5. The smallest absolute Gasteiger partial charge is 0.0463 e. The van der Waals surface area contributed by atoms with Crippen molar-refractivity contribution in [3.63, 3.8) is 0 Å². The van der Waals surface area contributed by atoms with Gasteiger partial charge in [0.2, 0.25) is 0 Å². The van der Waals surface area contributed by atoms with Crippen molar-refractivity contribution in [2.45, 2.75) is 27.7 Å². The van der Waals surface area contributed by atoms with Crippen molar-refractivity contribution >= 4 is 45.5 Å². The lowest BCUT2D eigenvalue weighted by atomic mass is 10.1. The van der Waals surface area contributed by atoms with Gasteiger partial charge in [0.05, 0.1) is 0 Å². The Kier molecular flexibility index (Phi) is 8.21. The first kappa shape index (κ1) is 28.8. The fraction of sp³-hybridized carbons (Fsp3) is 0.122. The number of nitrogens with zero attached hydrogens (tertiary/aromatic N) is 3. The van der Waals surface area contributed by atoms with Gasteiger partial charge in [0, 0.05) is 52.5 Å². The molecule has 218 valence electrons. The van der Waals surface area contributed by atoms with Gasteiger partial charge >= 0.3 is 0 Å². The highest BCUT2D eigenvalue weighted by molar-refractivity contribution is 5.80. The van der Waals surface area contributed by atoms with Crippen LogP contribution in [0.3, 0.4) is 0 Å². The van der Waals surface area contributed by atoms with Gasteiger partial charge in [-0.05, 0) is 125 Å². The van der Waals surface area contributed by atoms with E-state index in [-0.39, 0.29) is 0 Å². The van der Waals surface area contributed by atoms with Crippen LogP contribution in [0.25, 0.3) is 0 Å². The predicted molar refractivity (Wildman–Crippen MR) is 189 cm³/mol. The van der Waals surface area contributed by atoms with Gasteiger partial charge in [0.15, 0.2) is 0 Å². The molecule has 0 fully saturated rings. The third-order valence-electron chi connectivity index (χ3n) is 8.16. The third kappa shape index (κ3) is 6.23. The first-order valence-electron chi connectivity index (χ1n) is 15.2. The molecule has 3 nitrogen and oxygen atoms in total. The van der Waals surface area contributed by atoms with E-state index in [0.29, 0.717) is 0 Å². The van der Waals surface area contributed by atoms with Gasteiger partial charge < -0.3 is 14.7 Å². The summed E-state index contributed by atoms with van der Waals surface area (Å²) in [6.45, 7) is 8.50. The van der Waals surface area contributed by atoms with Crippen molar-refractivity contribution in [1.82, 2.24) is 0 Å². The minimum Gasteiger partial charge on any atom is -0.345 e. The molecule has 0 N–H and O–H groups in total. The Morgan fingerprint density at radius 3 is 0.614 bits per heavy atom. The maximum atomic E-state index is 2.31. The SMILES string of the molecule is Cc1ccc(N(c2ccc(C)cc2)c2ccc(N(C)c3ccc(N(c4ccc(C)cc4)c4ccc(C)cc4)cc3)cc2)cc1. The quantitative estimate of drug-likeness (QED) is 0.179. The van der Waals surface area contributed by atoms with Crippen LogP contribution in [0.5, 0.6) is 0 Å². The Morgan fingerprint density at radius 2 is 0.409 bits per heavy atom. The summed E-state index contributed by atoms with van der Waals surface area (Å²) in [4.78, 5) is 6.85. The van der Waals surface area contributed by atoms with Crippen molar-refractivity contribution in [2.24, 2.45) is 0 Å². The van der Waals surface area contributed by atoms with Crippen LogP contribution in [0.15, 0.2) is 146 Å². The van der Waals surface area contributed by atoms with Crippen LogP contribution in [-0.4, -0.2) is 7.05 Å². The zero-order chi connectivity index (χ0) is 30.6. The minimum absolute atomic E-state index is 1.12. The fourth-order valence-electron chi connectivity index (χ4n) is 5.47. The summed E-state index contributed by atoms with van der Waals surface area (Å²) < 4.78 is 0. The molecule has 6 aromatic carbocycles. The number of rotatable bonds is 8. The van der Waals surface area contributed by atoms with Crippen molar-refractivity contribution in [3.05, 3.63) is 168 Å². The number of hydrogen-bond acceptors (Lipinski definition) is 3. The highest BCUT2D eigenvalue weighted by Crippen LogP contribution is 2.38. The lowest BCUT2D eigenvalue weighted by Crippen LogP contribution is -2.13. The lowest BCUT2D eigenvalue weighted by Gasteiger charge is -2.28. The fourth-order valence-corrected chi connectivity index (χ4v) is 5.47. The number of hydrogen-bond donors (Lipinski definition) is 0. The molecule has 0 saturated carbocycles.